The summed E-state index contributed by atoms with van der Waals surface area (Å²) in [5, 5.41) is 4.19. The molecule has 4 rings (SSSR count). The molecule has 3 aromatic rings. The van der Waals surface area contributed by atoms with E-state index in [0.717, 1.165) is 38.2 Å². The summed E-state index contributed by atoms with van der Waals surface area (Å²) < 4.78 is 1.79. The van der Waals surface area contributed by atoms with Gasteiger partial charge in [-0.1, -0.05) is 54.1 Å². The lowest BCUT2D eigenvalue weighted by molar-refractivity contribution is -0.133. The van der Waals surface area contributed by atoms with Gasteiger partial charge in [0.25, 0.3) is 0 Å². The number of amides is 1. The average molecular weight is 417 g/mol. The van der Waals surface area contributed by atoms with Crippen molar-refractivity contribution in [1.82, 2.24) is 19.6 Å². The maximum Gasteiger partial charge on any atom is 0.222 e. The van der Waals surface area contributed by atoms with Crippen LogP contribution in [0.25, 0.3) is 0 Å². The van der Waals surface area contributed by atoms with Gasteiger partial charge >= 0.3 is 0 Å². The number of piperazine rings is 1. The van der Waals surface area contributed by atoms with Crippen molar-refractivity contribution in [2.75, 3.05) is 26.2 Å². The van der Waals surface area contributed by atoms with Gasteiger partial charge in [0.2, 0.25) is 5.91 Å². The number of carbonyl (C=O) groups excluding carboxylic acids is 1. The highest BCUT2D eigenvalue weighted by atomic mass is 16.2. The Kier molecular flexibility index (Phi) is 6.52. The Morgan fingerprint density at radius 1 is 1.03 bits per heavy atom. The van der Waals surface area contributed by atoms with Crippen LogP contribution < -0.4 is 0 Å². The topological polar surface area (TPSA) is 41.4 Å². The van der Waals surface area contributed by atoms with Crippen LogP contribution in [0.15, 0.2) is 60.9 Å². The lowest BCUT2D eigenvalue weighted by Gasteiger charge is -2.40. The molecule has 1 aromatic heterocycles. The molecular formula is C26H32N4O. The minimum atomic E-state index is 0.216. The quantitative estimate of drug-likeness (QED) is 0.612. The predicted octanol–water partition coefficient (Wildman–Crippen LogP) is 3.90. The molecule has 2 aromatic carbocycles. The molecule has 0 aliphatic carbocycles. The molecule has 31 heavy (non-hydrogen) atoms. The number of aromatic nitrogens is 2. The second-order valence-corrected chi connectivity index (χ2v) is 8.61. The van der Waals surface area contributed by atoms with Gasteiger partial charge in [-0.15, -0.1) is 0 Å². The third-order valence-corrected chi connectivity index (χ3v) is 6.26. The normalized spacial score (nSPS) is 15.8. The van der Waals surface area contributed by atoms with Crippen molar-refractivity contribution in [1.29, 1.82) is 0 Å². The van der Waals surface area contributed by atoms with Crippen molar-refractivity contribution in [3.63, 3.8) is 0 Å². The largest absolute Gasteiger partial charge is 0.340 e. The smallest absolute Gasteiger partial charge is 0.222 e. The van der Waals surface area contributed by atoms with Crippen molar-refractivity contribution in [2.45, 2.75) is 32.7 Å². The molecule has 0 N–H and O–H groups in total. The van der Waals surface area contributed by atoms with Gasteiger partial charge < -0.3 is 4.90 Å². The number of hydrogen-bond acceptors (Lipinski definition) is 3. The molecule has 1 atom stereocenters. The summed E-state index contributed by atoms with van der Waals surface area (Å²) in [6, 6.07) is 17.7. The fraction of sp³-hybridized carbons (Fsp3) is 0.385. The van der Waals surface area contributed by atoms with Gasteiger partial charge in [0.1, 0.15) is 0 Å². The van der Waals surface area contributed by atoms with Crippen molar-refractivity contribution < 1.29 is 4.79 Å². The number of benzene rings is 2. The van der Waals surface area contributed by atoms with Crippen molar-refractivity contribution >= 4 is 5.91 Å². The highest BCUT2D eigenvalue weighted by molar-refractivity contribution is 5.76. The first-order valence-corrected chi connectivity index (χ1v) is 11.1. The van der Waals surface area contributed by atoms with Crippen LogP contribution in [0.4, 0.5) is 0 Å². The van der Waals surface area contributed by atoms with E-state index in [0.29, 0.717) is 6.42 Å². The van der Waals surface area contributed by atoms with Crippen LogP contribution in [0.3, 0.4) is 0 Å². The van der Waals surface area contributed by atoms with Gasteiger partial charge in [0.05, 0.1) is 12.2 Å². The number of carbonyl (C=O) groups is 1. The average Bonchev–Trinajstić information content (AvgIpc) is 3.21. The van der Waals surface area contributed by atoms with Gasteiger partial charge in [-0.05, 0) is 42.5 Å². The van der Waals surface area contributed by atoms with Crippen LogP contribution in [0.1, 0.15) is 40.3 Å². The Morgan fingerprint density at radius 3 is 2.45 bits per heavy atom. The molecule has 0 spiro atoms. The standard InChI is InChI=1S/C26H32N4O/c1-20-9-10-21(2)24(17-20)26(23-7-5-4-6-8-23)30-15-13-29(14-16-30)25(31)12-11-22-18-27-28(3)19-22/h4-10,17-19,26H,11-16H2,1-3H3. The Balaban J connectivity index is 1.45. The van der Waals surface area contributed by atoms with Gasteiger partial charge in [-0.25, -0.2) is 0 Å². The maximum atomic E-state index is 12.8. The van der Waals surface area contributed by atoms with Gasteiger partial charge in [0, 0.05) is 45.8 Å². The molecule has 0 radical (unpaired) electrons. The van der Waals surface area contributed by atoms with Crippen LogP contribution in [-0.2, 0) is 18.3 Å². The van der Waals surface area contributed by atoms with E-state index in [1.807, 2.05) is 24.3 Å². The van der Waals surface area contributed by atoms with Crippen LogP contribution in [0.2, 0.25) is 0 Å². The zero-order valence-electron chi connectivity index (χ0n) is 18.8. The summed E-state index contributed by atoms with van der Waals surface area (Å²) in [5.41, 5.74) is 6.39. The number of hydrogen-bond donors (Lipinski definition) is 0. The fourth-order valence-corrected chi connectivity index (χ4v) is 4.52. The number of nitrogens with zero attached hydrogens (tertiary/aromatic N) is 4. The van der Waals surface area contributed by atoms with Crippen LogP contribution in [0, 0.1) is 13.8 Å². The van der Waals surface area contributed by atoms with E-state index in [9.17, 15) is 4.79 Å². The second-order valence-electron chi connectivity index (χ2n) is 8.61. The van der Waals surface area contributed by atoms with Crippen molar-refractivity contribution in [2.24, 2.45) is 7.05 Å². The Labute approximate surface area is 185 Å². The van der Waals surface area contributed by atoms with Gasteiger partial charge in [0.15, 0.2) is 0 Å². The molecular weight excluding hydrogens is 384 g/mol. The molecule has 162 valence electrons. The molecule has 0 bridgehead atoms. The first kappa shape index (κ1) is 21.3. The van der Waals surface area contributed by atoms with E-state index < -0.39 is 0 Å². The highest BCUT2D eigenvalue weighted by Crippen LogP contribution is 2.32. The molecule has 2 heterocycles. The third kappa shape index (κ3) is 5.05. The molecule has 1 saturated heterocycles. The van der Waals surface area contributed by atoms with E-state index in [-0.39, 0.29) is 11.9 Å². The molecule has 1 fully saturated rings. The highest BCUT2D eigenvalue weighted by Gasteiger charge is 2.29. The Morgan fingerprint density at radius 2 is 1.77 bits per heavy atom. The second kappa shape index (κ2) is 9.48. The zero-order valence-corrected chi connectivity index (χ0v) is 18.8. The number of aryl methyl sites for hydroxylation is 4. The third-order valence-electron chi connectivity index (χ3n) is 6.26. The molecule has 5 nitrogen and oxygen atoms in total. The molecule has 0 saturated carbocycles. The molecule has 5 heteroatoms. The molecule has 1 aliphatic rings. The molecule has 1 aliphatic heterocycles. The summed E-state index contributed by atoms with van der Waals surface area (Å²) in [6.45, 7) is 7.67. The van der Waals surface area contributed by atoms with Crippen molar-refractivity contribution in [3.05, 3.63) is 88.7 Å². The van der Waals surface area contributed by atoms with Crippen LogP contribution in [-0.4, -0.2) is 51.7 Å². The maximum absolute atomic E-state index is 12.8. The minimum absolute atomic E-state index is 0.216. The summed E-state index contributed by atoms with van der Waals surface area (Å²) in [6.07, 6.45) is 5.13. The Bertz CT molecular complexity index is 1020. The summed E-state index contributed by atoms with van der Waals surface area (Å²) in [5.74, 6) is 0.242. The van der Waals surface area contributed by atoms with Crippen molar-refractivity contribution in [3.8, 4) is 0 Å². The van der Waals surface area contributed by atoms with E-state index in [1.165, 1.54) is 22.3 Å². The monoisotopic (exact) mass is 416 g/mol. The van der Waals surface area contributed by atoms with Crippen LogP contribution in [0.5, 0.6) is 0 Å². The first-order chi connectivity index (χ1) is 15.0. The van der Waals surface area contributed by atoms with E-state index in [4.69, 9.17) is 0 Å². The molecule has 1 amide bonds. The summed E-state index contributed by atoms with van der Waals surface area (Å²) >= 11 is 0. The lowest BCUT2D eigenvalue weighted by Crippen LogP contribution is -2.50. The SMILES string of the molecule is Cc1ccc(C)c(C(c2ccccc2)N2CCN(C(=O)CCc3cnn(C)c3)CC2)c1. The van der Waals surface area contributed by atoms with E-state index >= 15 is 0 Å². The molecule has 1 unspecified atom stereocenters. The van der Waals surface area contributed by atoms with E-state index in [1.54, 1.807) is 4.68 Å². The summed E-state index contributed by atoms with van der Waals surface area (Å²) in [4.78, 5) is 17.3. The van der Waals surface area contributed by atoms with E-state index in [2.05, 4.69) is 72.4 Å². The van der Waals surface area contributed by atoms with Crippen LogP contribution >= 0.6 is 0 Å². The predicted molar refractivity (Wildman–Crippen MR) is 124 cm³/mol. The minimum Gasteiger partial charge on any atom is -0.340 e. The van der Waals surface area contributed by atoms with Gasteiger partial charge in [-0.3, -0.25) is 14.4 Å². The zero-order chi connectivity index (χ0) is 21.8. The summed E-state index contributed by atoms with van der Waals surface area (Å²) in [7, 11) is 1.91. The lowest BCUT2D eigenvalue weighted by atomic mass is 9.92. The number of rotatable bonds is 6. The first-order valence-electron chi connectivity index (χ1n) is 11.1. The van der Waals surface area contributed by atoms with Gasteiger partial charge in [-0.2, -0.15) is 5.10 Å². The fourth-order valence-electron chi connectivity index (χ4n) is 4.52. The Hall–Kier alpha value is -2.92.